The molecule has 162 valence electrons. The van der Waals surface area contributed by atoms with Gasteiger partial charge in [-0.15, -0.1) is 8.80 Å². The lowest BCUT2D eigenvalue weighted by Gasteiger charge is -2.19. The smallest absolute Gasteiger partial charge is 0.269 e. The molecule has 0 spiro atoms. The molecule has 13 heteroatoms. The number of hydrogen-bond donors (Lipinski definition) is 3. The fourth-order valence-corrected chi connectivity index (χ4v) is 4.78. The van der Waals surface area contributed by atoms with Crippen molar-refractivity contribution in [2.24, 2.45) is 8.80 Å². The molecule has 1 aromatic carbocycles. The number of phenols is 1. The van der Waals surface area contributed by atoms with E-state index in [9.17, 15) is 17.7 Å². The monoisotopic (exact) mass is 473 g/mol. The molecule has 0 aliphatic carbocycles. The van der Waals surface area contributed by atoms with Crippen LogP contribution in [0.25, 0.3) is 0 Å². The maximum absolute atomic E-state index is 12.5. The van der Waals surface area contributed by atoms with Crippen LogP contribution in [0.15, 0.2) is 48.6 Å². The summed E-state index contributed by atoms with van der Waals surface area (Å²) in [6, 6.07) is 6.00. The predicted molar refractivity (Wildman–Crippen MR) is 116 cm³/mol. The largest absolute Gasteiger partial charge is 0.504 e. The van der Waals surface area contributed by atoms with Crippen molar-refractivity contribution in [3.63, 3.8) is 0 Å². The molecule has 0 bridgehead atoms. The first-order valence-corrected chi connectivity index (χ1v) is 11.6. The van der Waals surface area contributed by atoms with Crippen LogP contribution in [0, 0.1) is 0 Å². The molecule has 1 aliphatic heterocycles. The van der Waals surface area contributed by atoms with Crippen molar-refractivity contribution in [3.8, 4) is 5.75 Å². The molecule has 3 rings (SSSR count). The van der Waals surface area contributed by atoms with Crippen LogP contribution in [0.2, 0.25) is 5.02 Å². The quantitative estimate of drug-likeness (QED) is 0.548. The standard InChI is InChI=1S/C17H20ClN5O5S2/c1-4-11(13-6-5-9-28-13)19-16-17(22-29(25)21-16)20-12-8-7-10(18)15(14(12)24)30(26,27)23(2)3/h5-9,11,24H,4H2,1-3H3,(H,19,21)(H,20,22)/t11-,29?/m1/s1. The van der Waals surface area contributed by atoms with E-state index in [1.54, 1.807) is 18.4 Å². The summed E-state index contributed by atoms with van der Waals surface area (Å²) in [7, 11) is -1.37. The number of phenolic OH excluding ortho intramolecular Hbond substituents is 1. The average Bonchev–Trinajstić information content (AvgIpc) is 3.31. The summed E-state index contributed by atoms with van der Waals surface area (Å²) < 4.78 is 51.1. The van der Waals surface area contributed by atoms with Gasteiger partial charge in [-0.25, -0.2) is 16.9 Å². The summed E-state index contributed by atoms with van der Waals surface area (Å²) >= 11 is 4.15. The van der Waals surface area contributed by atoms with E-state index >= 15 is 0 Å². The molecule has 2 heterocycles. The molecule has 10 nitrogen and oxygen atoms in total. The van der Waals surface area contributed by atoms with Gasteiger partial charge in [0.25, 0.3) is 11.2 Å². The minimum Gasteiger partial charge on any atom is -0.504 e. The van der Waals surface area contributed by atoms with Gasteiger partial charge in [-0.1, -0.05) is 18.5 Å². The van der Waals surface area contributed by atoms with Gasteiger partial charge >= 0.3 is 0 Å². The van der Waals surface area contributed by atoms with Gasteiger partial charge in [-0.2, -0.15) is 0 Å². The summed E-state index contributed by atoms with van der Waals surface area (Å²) in [6.45, 7) is 1.93. The van der Waals surface area contributed by atoms with Gasteiger partial charge in [0.05, 0.1) is 23.0 Å². The van der Waals surface area contributed by atoms with E-state index in [2.05, 4.69) is 19.4 Å². The second-order valence-corrected chi connectivity index (χ2v) is 9.74. The number of aromatic hydroxyl groups is 1. The maximum atomic E-state index is 12.5. The molecule has 0 amide bonds. The zero-order valence-electron chi connectivity index (χ0n) is 16.3. The number of sulfonamides is 1. The van der Waals surface area contributed by atoms with Crippen molar-refractivity contribution in [2.75, 3.05) is 19.4 Å². The Labute approximate surface area is 181 Å². The zero-order chi connectivity index (χ0) is 22.1. The number of rotatable bonds is 6. The molecule has 3 N–H and O–H groups in total. The third-order valence-electron chi connectivity index (χ3n) is 4.24. The molecule has 30 heavy (non-hydrogen) atoms. The Morgan fingerprint density at radius 1 is 1.27 bits per heavy atom. The van der Waals surface area contributed by atoms with Crippen LogP contribution >= 0.6 is 11.6 Å². The number of benzene rings is 1. The molecule has 0 fully saturated rings. The summed E-state index contributed by atoms with van der Waals surface area (Å²) in [6.07, 6.45) is 2.18. The minimum absolute atomic E-state index is 0.0121. The normalized spacial score (nSPS) is 17.6. The van der Waals surface area contributed by atoms with Crippen LogP contribution in [-0.2, 0) is 21.2 Å². The third kappa shape index (κ3) is 4.36. The number of nitrogens with zero attached hydrogens (tertiary/aromatic N) is 3. The van der Waals surface area contributed by atoms with Crippen molar-refractivity contribution in [3.05, 3.63) is 41.3 Å². The summed E-state index contributed by atoms with van der Waals surface area (Å²) in [5.41, 5.74) is 0.0121. The Hall–Kier alpha value is -2.41. The number of halogens is 1. The lowest BCUT2D eigenvalue weighted by molar-refractivity contribution is 0.441. The van der Waals surface area contributed by atoms with Gasteiger partial charge in [0.2, 0.25) is 10.0 Å². The van der Waals surface area contributed by atoms with Crippen molar-refractivity contribution in [1.29, 1.82) is 0 Å². The molecular formula is C17H20ClN5O5S2. The highest BCUT2D eigenvalue weighted by molar-refractivity contribution is 7.89. The highest BCUT2D eigenvalue weighted by atomic mass is 35.5. The Morgan fingerprint density at radius 2 is 1.97 bits per heavy atom. The van der Waals surface area contributed by atoms with Crippen molar-refractivity contribution < 1.29 is 22.2 Å². The van der Waals surface area contributed by atoms with Crippen molar-refractivity contribution >= 4 is 50.2 Å². The van der Waals surface area contributed by atoms with Crippen LogP contribution in [0.5, 0.6) is 5.75 Å². The Morgan fingerprint density at radius 3 is 2.57 bits per heavy atom. The van der Waals surface area contributed by atoms with E-state index in [1.165, 1.54) is 26.2 Å². The van der Waals surface area contributed by atoms with Crippen LogP contribution < -0.4 is 10.6 Å². The lowest BCUT2D eigenvalue weighted by Crippen LogP contribution is -2.36. The Balaban J connectivity index is 1.91. The molecular weight excluding hydrogens is 454 g/mol. The molecule has 0 saturated carbocycles. The second-order valence-electron chi connectivity index (χ2n) is 6.42. The van der Waals surface area contributed by atoms with Crippen LogP contribution in [0.4, 0.5) is 5.69 Å². The van der Waals surface area contributed by atoms with Gasteiger partial charge in [0, 0.05) is 14.1 Å². The molecule has 0 saturated heterocycles. The van der Waals surface area contributed by atoms with E-state index in [-0.39, 0.29) is 28.4 Å². The molecule has 1 aromatic heterocycles. The minimum atomic E-state index is -4.02. The summed E-state index contributed by atoms with van der Waals surface area (Å²) in [4.78, 5) is -0.452. The van der Waals surface area contributed by atoms with Crippen LogP contribution in [0.3, 0.4) is 0 Å². The SMILES string of the molecule is CC[C@@H](NC1=NS(=O)N=C1Nc1ccc(Cl)c(S(=O)(=O)N(C)C)c1O)c1ccco1. The number of anilines is 1. The molecule has 2 atom stereocenters. The molecule has 2 aromatic rings. The van der Waals surface area contributed by atoms with Gasteiger partial charge in [-0.3, -0.25) is 0 Å². The number of amidine groups is 2. The Bertz CT molecular complexity index is 1130. The fourth-order valence-electron chi connectivity index (χ4n) is 2.67. The zero-order valence-corrected chi connectivity index (χ0v) is 18.7. The first-order chi connectivity index (χ1) is 14.1. The van der Waals surface area contributed by atoms with Crippen molar-refractivity contribution in [2.45, 2.75) is 24.3 Å². The summed E-state index contributed by atoms with van der Waals surface area (Å²) in [5, 5.41) is 16.3. The van der Waals surface area contributed by atoms with Crippen LogP contribution in [-0.4, -0.2) is 47.8 Å². The van der Waals surface area contributed by atoms with E-state index in [4.69, 9.17) is 16.0 Å². The highest BCUT2D eigenvalue weighted by Gasteiger charge is 2.29. The lowest BCUT2D eigenvalue weighted by atomic mass is 10.1. The van der Waals surface area contributed by atoms with E-state index in [0.717, 1.165) is 4.31 Å². The second kappa shape index (κ2) is 8.76. The first kappa shape index (κ1) is 22.3. The maximum Gasteiger partial charge on any atom is 0.269 e. The van der Waals surface area contributed by atoms with E-state index in [0.29, 0.717) is 12.2 Å². The van der Waals surface area contributed by atoms with Gasteiger partial charge < -0.3 is 20.2 Å². The van der Waals surface area contributed by atoms with Gasteiger partial charge in [-0.05, 0) is 30.7 Å². The average molecular weight is 474 g/mol. The third-order valence-corrected chi connectivity index (χ3v) is 7.24. The highest BCUT2D eigenvalue weighted by Crippen LogP contribution is 2.38. The van der Waals surface area contributed by atoms with Crippen molar-refractivity contribution in [1.82, 2.24) is 9.62 Å². The predicted octanol–water partition coefficient (Wildman–Crippen LogP) is 2.43. The van der Waals surface area contributed by atoms with Gasteiger partial charge in [0.1, 0.15) is 10.7 Å². The summed E-state index contributed by atoms with van der Waals surface area (Å²) in [5.74, 6) is 0.326. The number of hydrogen-bond acceptors (Lipinski definition) is 7. The molecule has 0 radical (unpaired) electrons. The fraction of sp³-hybridized carbons (Fsp3) is 0.294. The topological polar surface area (TPSA) is 137 Å². The first-order valence-electron chi connectivity index (χ1n) is 8.75. The van der Waals surface area contributed by atoms with Gasteiger partial charge in [0.15, 0.2) is 17.4 Å². The number of furan rings is 1. The van der Waals surface area contributed by atoms with Crippen LogP contribution in [0.1, 0.15) is 25.1 Å². The van der Waals surface area contributed by atoms with E-state index < -0.39 is 31.8 Å². The van der Waals surface area contributed by atoms with E-state index in [1.807, 2.05) is 6.92 Å². The molecule has 1 aliphatic rings. The Kier molecular flexibility index (Phi) is 6.50. The molecule has 1 unspecified atom stereocenters. The number of nitrogens with one attached hydrogen (secondary N) is 2.